The van der Waals surface area contributed by atoms with Crippen LogP contribution in [0.3, 0.4) is 0 Å². The van der Waals surface area contributed by atoms with E-state index in [9.17, 15) is 0 Å². The summed E-state index contributed by atoms with van der Waals surface area (Å²) >= 11 is 6.13. The van der Waals surface area contributed by atoms with Crippen molar-refractivity contribution in [2.24, 2.45) is 0 Å². The van der Waals surface area contributed by atoms with Gasteiger partial charge in [0.1, 0.15) is 5.52 Å². The lowest BCUT2D eigenvalue weighted by Gasteiger charge is -2.36. The number of halogens is 1. The molecule has 0 amide bonds. The summed E-state index contributed by atoms with van der Waals surface area (Å²) in [6.07, 6.45) is 7.12. The summed E-state index contributed by atoms with van der Waals surface area (Å²) in [6, 6.07) is 5.69. The third-order valence-corrected chi connectivity index (χ3v) is 4.54. The summed E-state index contributed by atoms with van der Waals surface area (Å²) in [4.78, 5) is 4.57. The van der Waals surface area contributed by atoms with E-state index in [0.29, 0.717) is 10.6 Å². The van der Waals surface area contributed by atoms with E-state index in [2.05, 4.69) is 10.3 Å². The number of oxazole rings is 1. The average Bonchev–Trinajstić information content (AvgIpc) is 2.83. The van der Waals surface area contributed by atoms with Gasteiger partial charge in [-0.2, -0.15) is 0 Å². The van der Waals surface area contributed by atoms with Crippen molar-refractivity contribution in [3.63, 3.8) is 0 Å². The van der Waals surface area contributed by atoms with Crippen LogP contribution < -0.4 is 5.32 Å². The molecule has 2 aromatic rings. The monoisotopic (exact) mass is 278 g/mol. The first-order chi connectivity index (χ1) is 9.22. The van der Waals surface area contributed by atoms with Crippen molar-refractivity contribution in [3.8, 4) is 0 Å². The highest BCUT2D eigenvalue weighted by molar-refractivity contribution is 6.34. The molecule has 0 bridgehead atoms. The van der Waals surface area contributed by atoms with Gasteiger partial charge in [0.25, 0.3) is 0 Å². The second kappa shape index (κ2) is 5.14. The molecule has 0 radical (unpaired) electrons. The van der Waals surface area contributed by atoms with E-state index in [4.69, 9.17) is 16.0 Å². The van der Waals surface area contributed by atoms with Crippen LogP contribution in [0.15, 0.2) is 22.6 Å². The van der Waals surface area contributed by atoms with E-state index in [-0.39, 0.29) is 5.54 Å². The van der Waals surface area contributed by atoms with Gasteiger partial charge in [-0.1, -0.05) is 36.9 Å². The van der Waals surface area contributed by atoms with Crippen LogP contribution in [0.1, 0.15) is 38.0 Å². The lowest BCUT2D eigenvalue weighted by Crippen LogP contribution is -2.46. The van der Waals surface area contributed by atoms with Gasteiger partial charge in [0.2, 0.25) is 0 Å². The molecule has 1 aromatic carbocycles. The van der Waals surface area contributed by atoms with Gasteiger partial charge in [-0.15, -0.1) is 0 Å². The van der Waals surface area contributed by atoms with Crippen molar-refractivity contribution >= 4 is 22.7 Å². The number of nitrogens with one attached hydrogen (secondary N) is 1. The van der Waals surface area contributed by atoms with E-state index in [0.717, 1.165) is 17.8 Å². The molecule has 1 saturated carbocycles. The third-order valence-electron chi connectivity index (χ3n) is 4.24. The van der Waals surface area contributed by atoms with E-state index < -0.39 is 0 Å². The van der Waals surface area contributed by atoms with Crippen LogP contribution in [0.25, 0.3) is 11.1 Å². The van der Waals surface area contributed by atoms with Crippen molar-refractivity contribution in [1.29, 1.82) is 0 Å². The Balaban J connectivity index is 1.89. The molecular formula is C15H19ClN2O. The molecule has 1 fully saturated rings. The Hall–Kier alpha value is -1.06. The molecule has 1 aromatic heterocycles. The number of nitrogens with zero attached hydrogens (tertiary/aromatic N) is 1. The maximum Gasteiger partial charge on any atom is 0.197 e. The van der Waals surface area contributed by atoms with Crippen LogP contribution >= 0.6 is 11.6 Å². The second-order valence-electron chi connectivity index (χ2n) is 5.46. The Labute approximate surface area is 118 Å². The largest absolute Gasteiger partial charge is 0.439 e. The molecule has 1 aliphatic rings. The van der Waals surface area contributed by atoms with Crippen LogP contribution in [-0.2, 0) is 6.42 Å². The van der Waals surface area contributed by atoms with Crippen molar-refractivity contribution in [1.82, 2.24) is 10.3 Å². The summed E-state index contributed by atoms with van der Waals surface area (Å²) in [5.41, 5.74) is 1.71. The van der Waals surface area contributed by atoms with Crippen LogP contribution in [0, 0.1) is 0 Å². The van der Waals surface area contributed by atoms with Gasteiger partial charge in [0, 0.05) is 12.0 Å². The van der Waals surface area contributed by atoms with Crippen molar-refractivity contribution in [3.05, 3.63) is 29.1 Å². The van der Waals surface area contributed by atoms with Gasteiger partial charge in [-0.05, 0) is 32.0 Å². The van der Waals surface area contributed by atoms with Crippen molar-refractivity contribution < 1.29 is 4.42 Å². The number of likely N-dealkylation sites (N-methyl/N-ethyl adjacent to an activating group) is 1. The van der Waals surface area contributed by atoms with Gasteiger partial charge in [-0.3, -0.25) is 0 Å². The third kappa shape index (κ3) is 2.49. The number of para-hydroxylation sites is 1. The Morgan fingerprint density at radius 2 is 2.11 bits per heavy atom. The SMILES string of the molecule is CNC1(Cc2nc3cccc(Cl)c3o2)CCCCC1. The summed E-state index contributed by atoms with van der Waals surface area (Å²) in [5, 5.41) is 4.13. The highest BCUT2D eigenvalue weighted by Gasteiger charge is 2.32. The first kappa shape index (κ1) is 12.9. The Bertz CT molecular complexity index is 573. The van der Waals surface area contributed by atoms with E-state index >= 15 is 0 Å². The van der Waals surface area contributed by atoms with Gasteiger partial charge < -0.3 is 9.73 Å². The minimum atomic E-state index is 0.144. The highest BCUT2D eigenvalue weighted by Crippen LogP contribution is 2.32. The topological polar surface area (TPSA) is 38.1 Å². The van der Waals surface area contributed by atoms with Crippen molar-refractivity contribution in [2.75, 3.05) is 7.05 Å². The molecule has 102 valence electrons. The first-order valence-electron chi connectivity index (χ1n) is 6.95. The fourth-order valence-corrected chi connectivity index (χ4v) is 3.28. The highest BCUT2D eigenvalue weighted by atomic mass is 35.5. The molecular weight excluding hydrogens is 260 g/mol. The molecule has 3 nitrogen and oxygen atoms in total. The van der Waals surface area contributed by atoms with Gasteiger partial charge in [-0.25, -0.2) is 4.98 Å². The molecule has 0 unspecified atom stereocenters. The molecule has 0 atom stereocenters. The Morgan fingerprint density at radius 1 is 1.32 bits per heavy atom. The van der Waals surface area contributed by atoms with E-state index in [1.165, 1.54) is 32.1 Å². The Kier molecular flexibility index (Phi) is 3.50. The molecule has 1 aliphatic carbocycles. The average molecular weight is 279 g/mol. The molecule has 1 heterocycles. The number of hydrogen-bond donors (Lipinski definition) is 1. The van der Waals surface area contributed by atoms with Crippen molar-refractivity contribution in [2.45, 2.75) is 44.1 Å². The predicted octanol–water partition coefficient (Wildman–Crippen LogP) is 3.95. The van der Waals surface area contributed by atoms with Gasteiger partial charge in [0.05, 0.1) is 5.02 Å². The van der Waals surface area contributed by atoms with Crippen LogP contribution in [0.4, 0.5) is 0 Å². The van der Waals surface area contributed by atoms with Crippen LogP contribution in [0.2, 0.25) is 5.02 Å². The number of aromatic nitrogens is 1. The molecule has 19 heavy (non-hydrogen) atoms. The van der Waals surface area contributed by atoms with Gasteiger partial charge in [0.15, 0.2) is 11.5 Å². The maximum atomic E-state index is 6.13. The molecule has 0 aliphatic heterocycles. The fraction of sp³-hybridized carbons (Fsp3) is 0.533. The van der Waals surface area contributed by atoms with Crippen LogP contribution in [0.5, 0.6) is 0 Å². The maximum absolute atomic E-state index is 6.13. The normalized spacial score (nSPS) is 18.8. The summed E-state index contributed by atoms with van der Waals surface area (Å²) in [5.74, 6) is 0.791. The second-order valence-corrected chi connectivity index (χ2v) is 5.87. The minimum Gasteiger partial charge on any atom is -0.439 e. The zero-order valence-electron chi connectivity index (χ0n) is 11.2. The number of hydrogen-bond acceptors (Lipinski definition) is 3. The lowest BCUT2D eigenvalue weighted by molar-refractivity contribution is 0.230. The van der Waals surface area contributed by atoms with E-state index in [1.54, 1.807) is 0 Å². The quantitative estimate of drug-likeness (QED) is 0.924. The van der Waals surface area contributed by atoms with Gasteiger partial charge >= 0.3 is 0 Å². The summed E-state index contributed by atoms with van der Waals surface area (Å²) in [6.45, 7) is 0. The summed E-state index contributed by atoms with van der Waals surface area (Å²) in [7, 11) is 2.04. The van der Waals surface area contributed by atoms with E-state index in [1.807, 2.05) is 25.2 Å². The smallest absolute Gasteiger partial charge is 0.197 e. The van der Waals surface area contributed by atoms with Crippen LogP contribution in [-0.4, -0.2) is 17.6 Å². The fourth-order valence-electron chi connectivity index (χ4n) is 3.07. The zero-order chi connectivity index (χ0) is 13.3. The molecule has 3 rings (SSSR count). The standard InChI is InChI=1S/C15H19ClN2O/c1-17-15(8-3-2-4-9-15)10-13-18-12-7-5-6-11(16)14(12)19-13/h5-7,17H,2-4,8-10H2,1H3. The number of rotatable bonds is 3. The minimum absolute atomic E-state index is 0.144. The number of benzene rings is 1. The summed E-state index contributed by atoms with van der Waals surface area (Å²) < 4.78 is 5.85. The Morgan fingerprint density at radius 3 is 2.79 bits per heavy atom. The predicted molar refractivity (Wildman–Crippen MR) is 77.6 cm³/mol. The molecule has 4 heteroatoms. The zero-order valence-corrected chi connectivity index (χ0v) is 12.0. The molecule has 0 saturated heterocycles. The lowest BCUT2D eigenvalue weighted by atomic mass is 9.79. The number of fused-ring (bicyclic) bond motifs is 1. The first-order valence-corrected chi connectivity index (χ1v) is 7.33. The molecule has 1 N–H and O–H groups in total. The molecule has 0 spiro atoms.